The van der Waals surface area contributed by atoms with Gasteiger partial charge in [0.25, 0.3) is 0 Å². The molecule has 0 radical (unpaired) electrons. The van der Waals surface area contributed by atoms with Gasteiger partial charge in [0.05, 0.1) is 0 Å². The molecule has 18 heavy (non-hydrogen) atoms. The molecule has 0 unspecified atom stereocenters. The van der Waals surface area contributed by atoms with Crippen molar-refractivity contribution in [3.05, 3.63) is 29.3 Å². The zero-order valence-electron chi connectivity index (χ0n) is 10.0. The average Bonchev–Trinajstić information content (AvgIpc) is 2.34. The highest BCUT2D eigenvalue weighted by molar-refractivity contribution is 6.30. The first-order valence-corrected chi connectivity index (χ1v) is 5.83. The van der Waals surface area contributed by atoms with Crippen LogP contribution in [0.2, 0.25) is 5.02 Å². The molecule has 0 saturated heterocycles. The number of anilines is 1. The van der Waals surface area contributed by atoms with Crippen molar-refractivity contribution in [3.8, 4) is 0 Å². The number of halogens is 1. The van der Waals surface area contributed by atoms with E-state index in [0.29, 0.717) is 11.6 Å². The topological polar surface area (TPSA) is 69.6 Å². The molecule has 1 aromatic rings. The van der Waals surface area contributed by atoms with Gasteiger partial charge < -0.3 is 15.3 Å². The predicted octanol–water partition coefficient (Wildman–Crippen LogP) is 1.37. The van der Waals surface area contributed by atoms with Crippen LogP contribution in [-0.2, 0) is 9.59 Å². The fourth-order valence-electron chi connectivity index (χ4n) is 1.48. The minimum atomic E-state index is -0.943. The van der Waals surface area contributed by atoms with Gasteiger partial charge in [-0.15, -0.1) is 0 Å². The van der Waals surface area contributed by atoms with Crippen LogP contribution in [0.4, 0.5) is 5.69 Å². The number of nitrogens with one attached hydrogen (secondary N) is 1. The highest BCUT2D eigenvalue weighted by atomic mass is 35.5. The summed E-state index contributed by atoms with van der Waals surface area (Å²) in [6.45, 7) is 0.187. The number of carboxylic acids is 1. The van der Waals surface area contributed by atoms with Crippen molar-refractivity contribution < 1.29 is 14.7 Å². The summed E-state index contributed by atoms with van der Waals surface area (Å²) in [4.78, 5) is 23.6. The second kappa shape index (κ2) is 6.86. The molecule has 1 aromatic carbocycles. The SMILES string of the molecule is CNC(=O)CCN(CC(=O)O)c1ccc(Cl)cc1. The highest BCUT2D eigenvalue weighted by Gasteiger charge is 2.12. The normalized spacial score (nSPS) is 9.89. The van der Waals surface area contributed by atoms with Gasteiger partial charge in [0.1, 0.15) is 6.54 Å². The molecule has 1 amide bonds. The Kier molecular flexibility index (Phi) is 5.45. The summed E-state index contributed by atoms with van der Waals surface area (Å²) in [5, 5.41) is 11.9. The second-order valence-electron chi connectivity index (χ2n) is 3.71. The summed E-state index contributed by atoms with van der Waals surface area (Å²) in [7, 11) is 1.55. The van der Waals surface area contributed by atoms with Crippen molar-refractivity contribution in [2.24, 2.45) is 0 Å². The van der Waals surface area contributed by atoms with Crippen LogP contribution in [0.1, 0.15) is 6.42 Å². The van der Waals surface area contributed by atoms with Crippen molar-refractivity contribution >= 4 is 29.2 Å². The molecule has 0 bridgehead atoms. The van der Waals surface area contributed by atoms with Crippen LogP contribution < -0.4 is 10.2 Å². The predicted molar refractivity (Wildman–Crippen MR) is 70.0 cm³/mol. The van der Waals surface area contributed by atoms with Crippen molar-refractivity contribution in [2.45, 2.75) is 6.42 Å². The van der Waals surface area contributed by atoms with E-state index in [1.807, 2.05) is 0 Å². The number of aliphatic carboxylic acids is 1. The summed E-state index contributed by atoms with van der Waals surface area (Å²) < 4.78 is 0. The Hall–Kier alpha value is -1.75. The third-order valence-electron chi connectivity index (χ3n) is 2.41. The quantitative estimate of drug-likeness (QED) is 0.819. The zero-order valence-corrected chi connectivity index (χ0v) is 10.8. The third kappa shape index (κ3) is 4.63. The Labute approximate surface area is 110 Å². The standard InChI is InChI=1S/C12H15ClN2O3/c1-14-11(16)6-7-15(8-12(17)18)10-4-2-9(13)3-5-10/h2-5H,6-8H2,1H3,(H,14,16)(H,17,18). The highest BCUT2D eigenvalue weighted by Crippen LogP contribution is 2.18. The molecule has 6 heteroatoms. The molecule has 0 aliphatic rings. The lowest BCUT2D eigenvalue weighted by atomic mass is 10.2. The van der Waals surface area contributed by atoms with Gasteiger partial charge in [-0.1, -0.05) is 11.6 Å². The monoisotopic (exact) mass is 270 g/mol. The molecule has 0 saturated carbocycles. The minimum Gasteiger partial charge on any atom is -0.480 e. The van der Waals surface area contributed by atoms with Crippen LogP contribution in [-0.4, -0.2) is 37.1 Å². The zero-order chi connectivity index (χ0) is 13.5. The van der Waals surface area contributed by atoms with Crippen LogP contribution in [0, 0.1) is 0 Å². The van der Waals surface area contributed by atoms with E-state index in [9.17, 15) is 9.59 Å². The number of hydrogen-bond acceptors (Lipinski definition) is 3. The first-order chi connectivity index (χ1) is 8.52. The number of carbonyl (C=O) groups is 2. The maximum atomic E-state index is 11.2. The van der Waals surface area contributed by atoms with Crippen LogP contribution in [0.5, 0.6) is 0 Å². The molecule has 0 heterocycles. The van der Waals surface area contributed by atoms with Crippen LogP contribution in [0.25, 0.3) is 0 Å². The van der Waals surface area contributed by atoms with Gasteiger partial charge in [-0.25, -0.2) is 0 Å². The smallest absolute Gasteiger partial charge is 0.323 e. The maximum absolute atomic E-state index is 11.2. The lowest BCUT2D eigenvalue weighted by molar-refractivity contribution is -0.135. The van der Waals surface area contributed by atoms with E-state index in [2.05, 4.69) is 5.32 Å². The molecular formula is C12H15ClN2O3. The summed E-state index contributed by atoms with van der Waals surface area (Å²) in [5.41, 5.74) is 0.728. The summed E-state index contributed by atoms with van der Waals surface area (Å²) in [6.07, 6.45) is 0.242. The largest absolute Gasteiger partial charge is 0.480 e. The van der Waals surface area contributed by atoms with E-state index in [-0.39, 0.29) is 18.9 Å². The van der Waals surface area contributed by atoms with E-state index in [0.717, 1.165) is 5.69 Å². The first kappa shape index (κ1) is 14.3. The molecule has 0 aliphatic carbocycles. The first-order valence-electron chi connectivity index (χ1n) is 5.46. The lowest BCUT2D eigenvalue weighted by Crippen LogP contribution is -2.33. The summed E-state index contributed by atoms with van der Waals surface area (Å²) >= 11 is 5.77. The Morgan fingerprint density at radius 3 is 2.44 bits per heavy atom. The van der Waals surface area contributed by atoms with E-state index in [1.165, 1.54) is 0 Å². The van der Waals surface area contributed by atoms with Gasteiger partial charge in [-0.3, -0.25) is 9.59 Å². The number of benzene rings is 1. The second-order valence-corrected chi connectivity index (χ2v) is 4.15. The molecule has 1 rings (SSSR count). The van der Waals surface area contributed by atoms with Gasteiger partial charge in [-0.2, -0.15) is 0 Å². The number of amides is 1. The molecule has 2 N–H and O–H groups in total. The number of rotatable bonds is 6. The van der Waals surface area contributed by atoms with Gasteiger partial charge in [0.2, 0.25) is 5.91 Å². The number of hydrogen-bond donors (Lipinski definition) is 2. The van der Waals surface area contributed by atoms with Crippen molar-refractivity contribution in [3.63, 3.8) is 0 Å². The Balaban J connectivity index is 2.74. The fraction of sp³-hybridized carbons (Fsp3) is 0.333. The van der Waals surface area contributed by atoms with E-state index >= 15 is 0 Å². The molecular weight excluding hydrogens is 256 g/mol. The average molecular weight is 271 g/mol. The molecule has 0 aliphatic heterocycles. The van der Waals surface area contributed by atoms with Crippen molar-refractivity contribution in [2.75, 3.05) is 25.0 Å². The number of carbonyl (C=O) groups excluding carboxylic acids is 1. The van der Waals surface area contributed by atoms with Gasteiger partial charge in [-0.05, 0) is 24.3 Å². The Bertz CT molecular complexity index is 420. The number of carboxylic acid groups (broad SMARTS) is 1. The van der Waals surface area contributed by atoms with Crippen LogP contribution >= 0.6 is 11.6 Å². The molecule has 0 atom stereocenters. The molecule has 0 spiro atoms. The van der Waals surface area contributed by atoms with Gasteiger partial charge in [0, 0.05) is 30.7 Å². The summed E-state index contributed by atoms with van der Waals surface area (Å²) in [6, 6.07) is 6.83. The maximum Gasteiger partial charge on any atom is 0.323 e. The number of nitrogens with zero attached hydrogens (tertiary/aromatic N) is 1. The van der Waals surface area contributed by atoms with Crippen molar-refractivity contribution in [1.29, 1.82) is 0 Å². The van der Waals surface area contributed by atoms with E-state index in [4.69, 9.17) is 16.7 Å². The summed E-state index contributed by atoms with van der Waals surface area (Å²) in [5.74, 6) is -1.07. The third-order valence-corrected chi connectivity index (χ3v) is 2.66. The van der Waals surface area contributed by atoms with Crippen LogP contribution in [0.3, 0.4) is 0 Å². The molecule has 0 fully saturated rings. The lowest BCUT2D eigenvalue weighted by Gasteiger charge is -2.22. The van der Waals surface area contributed by atoms with Gasteiger partial charge >= 0.3 is 5.97 Å². The van der Waals surface area contributed by atoms with E-state index < -0.39 is 5.97 Å². The Morgan fingerprint density at radius 2 is 1.94 bits per heavy atom. The van der Waals surface area contributed by atoms with Gasteiger partial charge in [0.15, 0.2) is 0 Å². The fourth-order valence-corrected chi connectivity index (χ4v) is 1.60. The molecule has 98 valence electrons. The van der Waals surface area contributed by atoms with E-state index in [1.54, 1.807) is 36.2 Å². The minimum absolute atomic E-state index is 0.126. The Morgan fingerprint density at radius 1 is 1.33 bits per heavy atom. The molecule has 0 aromatic heterocycles. The van der Waals surface area contributed by atoms with Crippen molar-refractivity contribution in [1.82, 2.24) is 5.32 Å². The molecule has 5 nitrogen and oxygen atoms in total. The van der Waals surface area contributed by atoms with Crippen LogP contribution in [0.15, 0.2) is 24.3 Å².